The summed E-state index contributed by atoms with van der Waals surface area (Å²) in [5, 5.41) is 9.45. The van der Waals surface area contributed by atoms with E-state index >= 15 is 0 Å². The smallest absolute Gasteiger partial charge is 0.238 e. The first-order chi connectivity index (χ1) is 6.82. The van der Waals surface area contributed by atoms with Gasteiger partial charge in [0.25, 0.3) is 0 Å². The standard InChI is InChI=1S/C11H20BrNO2/c1-8(14)9-4-6-13(7-5-9)10(15)11(2,3)12/h8-9,14H,4-7H2,1-3H3. The van der Waals surface area contributed by atoms with Gasteiger partial charge in [-0.25, -0.2) is 0 Å². The van der Waals surface area contributed by atoms with Gasteiger partial charge in [0.1, 0.15) is 0 Å². The molecule has 0 radical (unpaired) electrons. The van der Waals surface area contributed by atoms with Crippen molar-refractivity contribution in [1.82, 2.24) is 4.90 Å². The highest BCUT2D eigenvalue weighted by atomic mass is 79.9. The van der Waals surface area contributed by atoms with Crippen molar-refractivity contribution in [3.05, 3.63) is 0 Å². The number of carbonyl (C=O) groups is 1. The van der Waals surface area contributed by atoms with Gasteiger partial charge in [-0.15, -0.1) is 0 Å². The lowest BCUT2D eigenvalue weighted by atomic mass is 9.92. The normalized spacial score (nSPS) is 21.5. The number of aliphatic hydroxyl groups excluding tert-OH is 1. The molecule has 1 fully saturated rings. The van der Waals surface area contributed by atoms with Crippen LogP contribution in [-0.4, -0.2) is 39.4 Å². The van der Waals surface area contributed by atoms with Gasteiger partial charge in [-0.2, -0.15) is 0 Å². The highest BCUT2D eigenvalue weighted by Crippen LogP contribution is 2.25. The van der Waals surface area contributed by atoms with Crippen LogP contribution in [0.2, 0.25) is 0 Å². The fourth-order valence-electron chi connectivity index (χ4n) is 1.96. The fraction of sp³-hybridized carbons (Fsp3) is 0.909. The fourth-order valence-corrected chi connectivity index (χ4v) is 2.21. The maximum Gasteiger partial charge on any atom is 0.238 e. The molecule has 0 aliphatic carbocycles. The van der Waals surface area contributed by atoms with Gasteiger partial charge in [0, 0.05) is 13.1 Å². The van der Waals surface area contributed by atoms with Crippen LogP contribution in [0, 0.1) is 5.92 Å². The molecule has 1 atom stereocenters. The summed E-state index contributed by atoms with van der Waals surface area (Å²) in [5.74, 6) is 0.499. The van der Waals surface area contributed by atoms with E-state index in [-0.39, 0.29) is 12.0 Å². The molecule has 3 nitrogen and oxygen atoms in total. The number of halogens is 1. The van der Waals surface area contributed by atoms with Crippen molar-refractivity contribution in [2.24, 2.45) is 5.92 Å². The topological polar surface area (TPSA) is 40.5 Å². The van der Waals surface area contributed by atoms with Crippen molar-refractivity contribution >= 4 is 21.8 Å². The first-order valence-electron chi connectivity index (χ1n) is 5.48. The molecule has 1 amide bonds. The zero-order valence-corrected chi connectivity index (χ0v) is 11.2. The lowest BCUT2D eigenvalue weighted by Crippen LogP contribution is -2.46. The van der Waals surface area contributed by atoms with E-state index in [1.165, 1.54) is 0 Å². The minimum absolute atomic E-state index is 0.145. The van der Waals surface area contributed by atoms with Crippen LogP contribution in [0.25, 0.3) is 0 Å². The molecule has 1 aliphatic rings. The summed E-state index contributed by atoms with van der Waals surface area (Å²) in [6.07, 6.45) is 1.57. The van der Waals surface area contributed by atoms with E-state index in [0.29, 0.717) is 5.92 Å². The zero-order valence-electron chi connectivity index (χ0n) is 9.66. The Hall–Kier alpha value is -0.0900. The van der Waals surface area contributed by atoms with Gasteiger partial charge in [0.2, 0.25) is 5.91 Å². The van der Waals surface area contributed by atoms with Gasteiger partial charge < -0.3 is 10.0 Å². The van der Waals surface area contributed by atoms with E-state index < -0.39 is 4.32 Å². The van der Waals surface area contributed by atoms with Crippen molar-refractivity contribution in [2.75, 3.05) is 13.1 Å². The Morgan fingerprint density at radius 3 is 2.27 bits per heavy atom. The van der Waals surface area contributed by atoms with Gasteiger partial charge in [-0.3, -0.25) is 4.79 Å². The van der Waals surface area contributed by atoms with Crippen molar-refractivity contribution < 1.29 is 9.90 Å². The number of hydrogen-bond donors (Lipinski definition) is 1. The van der Waals surface area contributed by atoms with Crippen LogP contribution in [0.3, 0.4) is 0 Å². The van der Waals surface area contributed by atoms with Gasteiger partial charge in [-0.1, -0.05) is 15.9 Å². The monoisotopic (exact) mass is 277 g/mol. The number of rotatable bonds is 2. The Labute approximate surface area is 100.0 Å². The number of nitrogens with zero attached hydrogens (tertiary/aromatic N) is 1. The number of likely N-dealkylation sites (tertiary alicyclic amines) is 1. The third kappa shape index (κ3) is 3.45. The highest BCUT2D eigenvalue weighted by molar-refractivity contribution is 9.10. The number of aliphatic hydroxyl groups is 1. The molecule has 0 spiro atoms. The SMILES string of the molecule is CC(O)C1CCN(C(=O)C(C)(C)Br)CC1. The Balaban J connectivity index is 2.48. The summed E-state index contributed by atoms with van der Waals surface area (Å²) in [6.45, 7) is 7.11. The van der Waals surface area contributed by atoms with E-state index in [1.807, 2.05) is 25.7 Å². The predicted molar refractivity (Wildman–Crippen MR) is 64.0 cm³/mol. The van der Waals surface area contributed by atoms with Crippen LogP contribution in [0.1, 0.15) is 33.6 Å². The summed E-state index contributed by atoms with van der Waals surface area (Å²) < 4.78 is -0.468. The van der Waals surface area contributed by atoms with Crippen LogP contribution in [-0.2, 0) is 4.79 Å². The molecule has 88 valence electrons. The molecule has 1 saturated heterocycles. The molecule has 0 bridgehead atoms. The summed E-state index contributed by atoms with van der Waals surface area (Å²) in [6, 6.07) is 0. The summed E-state index contributed by atoms with van der Waals surface area (Å²) in [4.78, 5) is 13.8. The highest BCUT2D eigenvalue weighted by Gasteiger charge is 2.32. The molecule has 1 rings (SSSR count). The second kappa shape index (κ2) is 4.83. The van der Waals surface area contributed by atoms with E-state index in [4.69, 9.17) is 0 Å². The zero-order chi connectivity index (χ0) is 11.6. The quantitative estimate of drug-likeness (QED) is 0.782. The lowest BCUT2D eigenvalue weighted by Gasteiger charge is -2.36. The number of carbonyl (C=O) groups excluding carboxylic acids is 1. The van der Waals surface area contributed by atoms with Gasteiger partial charge in [0.15, 0.2) is 0 Å². The van der Waals surface area contributed by atoms with Crippen molar-refractivity contribution in [1.29, 1.82) is 0 Å². The maximum absolute atomic E-state index is 11.9. The third-order valence-corrected chi connectivity index (χ3v) is 3.36. The van der Waals surface area contributed by atoms with Crippen molar-refractivity contribution in [2.45, 2.75) is 44.0 Å². The minimum Gasteiger partial charge on any atom is -0.393 e. The number of hydrogen-bond acceptors (Lipinski definition) is 2. The first-order valence-corrected chi connectivity index (χ1v) is 6.28. The number of alkyl halides is 1. The Morgan fingerprint density at radius 2 is 1.93 bits per heavy atom. The van der Waals surface area contributed by atoms with Crippen molar-refractivity contribution in [3.8, 4) is 0 Å². The molecule has 1 aliphatic heterocycles. The predicted octanol–water partition coefficient (Wildman–Crippen LogP) is 1.78. The van der Waals surface area contributed by atoms with Crippen LogP contribution >= 0.6 is 15.9 Å². The second-order valence-electron chi connectivity index (χ2n) is 4.84. The van der Waals surface area contributed by atoms with Crippen LogP contribution in [0.4, 0.5) is 0 Å². The largest absolute Gasteiger partial charge is 0.393 e. The summed E-state index contributed by atoms with van der Waals surface area (Å²) in [5.41, 5.74) is 0. The molecule has 0 saturated carbocycles. The van der Waals surface area contributed by atoms with Crippen molar-refractivity contribution in [3.63, 3.8) is 0 Å². The Morgan fingerprint density at radius 1 is 1.47 bits per heavy atom. The molecular weight excluding hydrogens is 258 g/mol. The molecule has 15 heavy (non-hydrogen) atoms. The molecular formula is C11H20BrNO2. The van der Waals surface area contributed by atoms with E-state index in [0.717, 1.165) is 25.9 Å². The molecule has 1 unspecified atom stereocenters. The van der Waals surface area contributed by atoms with Gasteiger partial charge >= 0.3 is 0 Å². The molecule has 0 aromatic carbocycles. The molecule has 1 N–H and O–H groups in total. The van der Waals surface area contributed by atoms with E-state index in [9.17, 15) is 9.90 Å². The number of piperidine rings is 1. The Bertz CT molecular complexity index is 227. The third-order valence-electron chi connectivity index (χ3n) is 3.02. The summed E-state index contributed by atoms with van der Waals surface area (Å²) in [7, 11) is 0. The summed E-state index contributed by atoms with van der Waals surface area (Å²) >= 11 is 3.38. The van der Waals surface area contributed by atoms with Crippen LogP contribution in [0.5, 0.6) is 0 Å². The molecule has 0 aromatic heterocycles. The van der Waals surface area contributed by atoms with Gasteiger partial charge in [-0.05, 0) is 39.5 Å². The van der Waals surface area contributed by atoms with Crippen LogP contribution < -0.4 is 0 Å². The van der Waals surface area contributed by atoms with E-state index in [2.05, 4.69) is 15.9 Å². The number of amides is 1. The molecule has 4 heteroatoms. The molecule has 1 heterocycles. The Kier molecular flexibility index (Phi) is 4.18. The van der Waals surface area contributed by atoms with E-state index in [1.54, 1.807) is 0 Å². The first kappa shape index (κ1) is 13.0. The molecule has 0 aromatic rings. The van der Waals surface area contributed by atoms with Crippen LogP contribution in [0.15, 0.2) is 0 Å². The average molecular weight is 278 g/mol. The minimum atomic E-state index is -0.468. The lowest BCUT2D eigenvalue weighted by molar-refractivity contribution is -0.134. The second-order valence-corrected chi connectivity index (χ2v) is 6.83. The maximum atomic E-state index is 11.9. The van der Waals surface area contributed by atoms with Gasteiger partial charge in [0.05, 0.1) is 10.4 Å². The average Bonchev–Trinajstić information content (AvgIpc) is 2.15.